The van der Waals surface area contributed by atoms with Crippen LogP contribution in [-0.2, 0) is 16.8 Å². The van der Waals surface area contributed by atoms with Crippen molar-refractivity contribution in [1.82, 2.24) is 10.2 Å². The predicted octanol–water partition coefficient (Wildman–Crippen LogP) is 2.57. The molecule has 0 bridgehead atoms. The fraction of sp³-hybridized carbons (Fsp3) is 0.556. The zero-order chi connectivity index (χ0) is 16.9. The van der Waals surface area contributed by atoms with E-state index in [-0.39, 0.29) is 18.5 Å². The number of hydrogen-bond acceptors (Lipinski definition) is 3. The van der Waals surface area contributed by atoms with E-state index in [1.54, 1.807) is 6.92 Å². The molecule has 5 nitrogen and oxygen atoms in total. The summed E-state index contributed by atoms with van der Waals surface area (Å²) in [6.45, 7) is 4.43. The number of carbonyl (C=O) groups is 2. The molecule has 3 amide bonds. The Bertz CT molecular complexity index is 556. The van der Waals surface area contributed by atoms with Gasteiger partial charge < -0.3 is 10.4 Å². The highest BCUT2D eigenvalue weighted by molar-refractivity contribution is 6.07. The van der Waals surface area contributed by atoms with Crippen LogP contribution in [0.5, 0.6) is 0 Å². The smallest absolute Gasteiger partial charge is 0.325 e. The van der Waals surface area contributed by atoms with E-state index in [9.17, 15) is 9.59 Å². The molecule has 0 aliphatic carbocycles. The maximum absolute atomic E-state index is 12.7. The van der Waals surface area contributed by atoms with Crippen LogP contribution in [0.1, 0.15) is 50.7 Å². The summed E-state index contributed by atoms with van der Waals surface area (Å²) in [4.78, 5) is 26.1. The molecule has 2 rings (SSSR count). The van der Waals surface area contributed by atoms with E-state index in [1.165, 1.54) is 10.5 Å². The number of amides is 3. The Morgan fingerprint density at radius 3 is 2.43 bits per heavy atom. The van der Waals surface area contributed by atoms with Crippen molar-refractivity contribution in [1.29, 1.82) is 0 Å². The molecule has 1 heterocycles. The van der Waals surface area contributed by atoms with E-state index < -0.39 is 5.54 Å². The Kier molecular flexibility index (Phi) is 5.77. The van der Waals surface area contributed by atoms with Crippen molar-refractivity contribution in [3.8, 4) is 0 Å². The number of hydrogen-bond donors (Lipinski definition) is 2. The van der Waals surface area contributed by atoms with Crippen LogP contribution in [0.4, 0.5) is 4.79 Å². The summed E-state index contributed by atoms with van der Waals surface area (Å²) >= 11 is 0. The number of nitrogens with one attached hydrogen (secondary N) is 1. The van der Waals surface area contributed by atoms with Crippen molar-refractivity contribution in [2.75, 3.05) is 13.2 Å². The van der Waals surface area contributed by atoms with Gasteiger partial charge in [-0.15, -0.1) is 0 Å². The van der Waals surface area contributed by atoms with E-state index in [4.69, 9.17) is 5.11 Å². The third-order valence-corrected chi connectivity index (χ3v) is 4.38. The SMILES string of the molecule is CCCc1ccc(C2(C)NC(=O)N(CCCCCO)C2=O)cc1. The first kappa shape index (κ1) is 17.5. The zero-order valence-corrected chi connectivity index (χ0v) is 14.0. The Hall–Kier alpha value is -1.88. The van der Waals surface area contributed by atoms with Gasteiger partial charge in [0, 0.05) is 13.2 Å². The van der Waals surface area contributed by atoms with Crippen LogP contribution in [0.3, 0.4) is 0 Å². The zero-order valence-electron chi connectivity index (χ0n) is 14.0. The molecule has 5 heteroatoms. The van der Waals surface area contributed by atoms with Crippen LogP contribution in [0, 0.1) is 0 Å². The van der Waals surface area contributed by atoms with Crippen LogP contribution >= 0.6 is 0 Å². The molecular formula is C18H26N2O3. The maximum Gasteiger partial charge on any atom is 0.325 e. The first-order valence-corrected chi connectivity index (χ1v) is 8.37. The minimum absolute atomic E-state index is 0.141. The first-order valence-electron chi connectivity index (χ1n) is 8.37. The Morgan fingerprint density at radius 1 is 1.13 bits per heavy atom. The fourth-order valence-electron chi connectivity index (χ4n) is 2.95. The molecule has 2 N–H and O–H groups in total. The number of carbonyl (C=O) groups excluding carboxylic acids is 2. The fourth-order valence-corrected chi connectivity index (χ4v) is 2.95. The van der Waals surface area contributed by atoms with Gasteiger partial charge in [-0.3, -0.25) is 9.69 Å². The molecule has 1 aromatic carbocycles. The lowest BCUT2D eigenvalue weighted by molar-refractivity contribution is -0.131. The highest BCUT2D eigenvalue weighted by Crippen LogP contribution is 2.29. The summed E-state index contributed by atoms with van der Waals surface area (Å²) in [5.41, 5.74) is 1.06. The molecule has 1 atom stereocenters. The van der Waals surface area contributed by atoms with Gasteiger partial charge in [0.05, 0.1) is 0 Å². The van der Waals surface area contributed by atoms with Gasteiger partial charge >= 0.3 is 6.03 Å². The van der Waals surface area contributed by atoms with Crippen LogP contribution in [-0.4, -0.2) is 35.1 Å². The monoisotopic (exact) mass is 318 g/mol. The van der Waals surface area contributed by atoms with Crippen molar-refractivity contribution in [2.45, 2.75) is 51.5 Å². The van der Waals surface area contributed by atoms with Gasteiger partial charge in [0.15, 0.2) is 0 Å². The molecule has 1 aromatic rings. The Balaban J connectivity index is 2.09. The summed E-state index contributed by atoms with van der Waals surface area (Å²) < 4.78 is 0. The molecule has 0 radical (unpaired) electrons. The van der Waals surface area contributed by atoms with Crippen LogP contribution < -0.4 is 5.32 Å². The Morgan fingerprint density at radius 2 is 1.83 bits per heavy atom. The second kappa shape index (κ2) is 7.59. The molecule has 0 aromatic heterocycles. The van der Waals surface area contributed by atoms with Crippen molar-refractivity contribution in [3.63, 3.8) is 0 Å². The van der Waals surface area contributed by atoms with E-state index in [1.807, 2.05) is 24.3 Å². The molecule has 1 aliphatic heterocycles. The van der Waals surface area contributed by atoms with Crippen molar-refractivity contribution < 1.29 is 14.7 Å². The van der Waals surface area contributed by atoms with Crippen LogP contribution in [0.15, 0.2) is 24.3 Å². The third-order valence-electron chi connectivity index (χ3n) is 4.38. The van der Waals surface area contributed by atoms with Gasteiger partial charge in [-0.2, -0.15) is 0 Å². The number of aryl methyl sites for hydroxylation is 1. The molecule has 1 aliphatic rings. The van der Waals surface area contributed by atoms with E-state index in [0.29, 0.717) is 19.4 Å². The second-order valence-corrected chi connectivity index (χ2v) is 6.24. The Labute approximate surface area is 137 Å². The minimum Gasteiger partial charge on any atom is -0.396 e. The average molecular weight is 318 g/mol. The molecule has 1 fully saturated rings. The summed E-state index contributed by atoms with van der Waals surface area (Å²) in [5, 5.41) is 11.6. The molecule has 0 saturated carbocycles. The largest absolute Gasteiger partial charge is 0.396 e. The number of benzene rings is 1. The van der Waals surface area contributed by atoms with Gasteiger partial charge in [0.25, 0.3) is 5.91 Å². The second-order valence-electron chi connectivity index (χ2n) is 6.24. The quantitative estimate of drug-likeness (QED) is 0.572. The number of urea groups is 1. The molecule has 126 valence electrons. The molecule has 1 unspecified atom stereocenters. The highest BCUT2D eigenvalue weighted by Gasteiger charge is 2.48. The van der Waals surface area contributed by atoms with Gasteiger partial charge in [-0.25, -0.2) is 4.79 Å². The summed E-state index contributed by atoms with van der Waals surface area (Å²) in [7, 11) is 0. The molecule has 0 spiro atoms. The lowest BCUT2D eigenvalue weighted by Crippen LogP contribution is -2.41. The summed E-state index contributed by atoms with van der Waals surface area (Å²) in [6, 6.07) is 7.57. The van der Waals surface area contributed by atoms with Gasteiger partial charge in [-0.05, 0) is 43.7 Å². The van der Waals surface area contributed by atoms with Crippen molar-refractivity contribution in [2.24, 2.45) is 0 Å². The van der Waals surface area contributed by atoms with Gasteiger partial charge in [0.2, 0.25) is 0 Å². The van der Waals surface area contributed by atoms with Crippen molar-refractivity contribution in [3.05, 3.63) is 35.4 Å². The summed E-state index contributed by atoms with van der Waals surface area (Å²) in [5.74, 6) is -0.199. The lowest BCUT2D eigenvalue weighted by Gasteiger charge is -2.22. The van der Waals surface area contributed by atoms with Crippen molar-refractivity contribution >= 4 is 11.9 Å². The van der Waals surface area contributed by atoms with Crippen LogP contribution in [0.25, 0.3) is 0 Å². The number of imide groups is 1. The highest BCUT2D eigenvalue weighted by atomic mass is 16.3. The number of rotatable bonds is 8. The molecule has 1 saturated heterocycles. The normalized spacial score (nSPS) is 20.9. The predicted molar refractivity (Wildman–Crippen MR) is 89.0 cm³/mol. The number of aliphatic hydroxyl groups excluding tert-OH is 1. The minimum atomic E-state index is -0.987. The summed E-state index contributed by atoms with van der Waals surface area (Å²) in [6.07, 6.45) is 4.29. The third kappa shape index (κ3) is 3.72. The van der Waals surface area contributed by atoms with E-state index in [2.05, 4.69) is 12.2 Å². The van der Waals surface area contributed by atoms with Gasteiger partial charge in [0.1, 0.15) is 5.54 Å². The number of aliphatic hydroxyl groups is 1. The average Bonchev–Trinajstić information content (AvgIpc) is 2.76. The van der Waals surface area contributed by atoms with E-state index >= 15 is 0 Å². The molecular weight excluding hydrogens is 292 g/mol. The van der Waals surface area contributed by atoms with Gasteiger partial charge in [-0.1, -0.05) is 37.6 Å². The number of nitrogens with zero attached hydrogens (tertiary/aromatic N) is 1. The lowest BCUT2D eigenvalue weighted by atomic mass is 9.91. The first-order chi connectivity index (χ1) is 11.0. The standard InChI is InChI=1S/C18H26N2O3/c1-3-7-14-8-10-15(11-9-14)18(2)16(22)20(17(23)19-18)12-5-4-6-13-21/h8-11,21H,3-7,12-13H2,1-2H3,(H,19,23). The number of unbranched alkanes of at least 4 members (excludes halogenated alkanes) is 2. The molecule has 23 heavy (non-hydrogen) atoms. The maximum atomic E-state index is 12.7. The topological polar surface area (TPSA) is 69.6 Å². The van der Waals surface area contributed by atoms with E-state index in [0.717, 1.165) is 24.8 Å². The van der Waals surface area contributed by atoms with Crippen LogP contribution in [0.2, 0.25) is 0 Å².